The van der Waals surface area contributed by atoms with Gasteiger partial charge >= 0.3 is 0 Å². The van der Waals surface area contributed by atoms with E-state index < -0.39 is 0 Å². The molecule has 3 aliphatic rings. The Bertz CT molecular complexity index is 1730. The van der Waals surface area contributed by atoms with Gasteiger partial charge in [-0.3, -0.25) is 0 Å². The SMILES string of the molecule is CC1(C)COC(c2ccc(-c3cccc4c3C3(c5ccccc5-c5ccccc53)c3ccccc3-4)cc2)=N1. The monoisotopic (exact) mass is 489 g/mol. The van der Waals surface area contributed by atoms with Gasteiger partial charge in [0.15, 0.2) is 0 Å². The normalized spacial score (nSPS) is 16.8. The number of aliphatic imine (C=N–C) groups is 1. The maximum Gasteiger partial charge on any atom is 0.216 e. The highest BCUT2D eigenvalue weighted by Gasteiger charge is 2.52. The third-order valence-corrected chi connectivity index (χ3v) is 8.42. The van der Waals surface area contributed by atoms with Crippen LogP contribution in [-0.2, 0) is 10.2 Å². The molecular weight excluding hydrogens is 462 g/mol. The third-order valence-electron chi connectivity index (χ3n) is 8.42. The van der Waals surface area contributed by atoms with E-state index in [0.717, 1.165) is 11.5 Å². The molecule has 0 N–H and O–H groups in total. The van der Waals surface area contributed by atoms with Crippen LogP contribution in [0, 0.1) is 0 Å². The average Bonchev–Trinajstić information content (AvgIpc) is 3.58. The molecule has 0 radical (unpaired) electrons. The number of fused-ring (bicyclic) bond motifs is 10. The van der Waals surface area contributed by atoms with Crippen molar-refractivity contribution in [3.05, 3.63) is 143 Å². The molecule has 2 aliphatic carbocycles. The lowest BCUT2D eigenvalue weighted by atomic mass is 9.68. The van der Waals surface area contributed by atoms with Crippen molar-refractivity contribution >= 4 is 5.90 Å². The molecule has 1 spiro atoms. The average molecular weight is 490 g/mol. The van der Waals surface area contributed by atoms with E-state index in [1.54, 1.807) is 0 Å². The second-order valence-electron chi connectivity index (χ2n) is 11.2. The van der Waals surface area contributed by atoms with Gasteiger partial charge in [0.2, 0.25) is 5.90 Å². The molecule has 0 aromatic heterocycles. The van der Waals surface area contributed by atoms with Crippen LogP contribution in [0.2, 0.25) is 0 Å². The molecule has 5 aromatic rings. The second kappa shape index (κ2) is 7.55. The first-order valence-electron chi connectivity index (χ1n) is 13.3. The Balaban J connectivity index is 1.41. The molecule has 1 heterocycles. The molecule has 8 rings (SSSR count). The molecule has 0 unspecified atom stereocenters. The summed E-state index contributed by atoms with van der Waals surface area (Å²) < 4.78 is 5.92. The predicted octanol–water partition coefficient (Wildman–Crippen LogP) is 8.25. The molecule has 5 aromatic carbocycles. The lowest BCUT2D eigenvalue weighted by molar-refractivity contribution is 0.279. The van der Waals surface area contributed by atoms with Gasteiger partial charge in [0.05, 0.1) is 11.0 Å². The van der Waals surface area contributed by atoms with E-state index in [0.29, 0.717) is 6.61 Å². The van der Waals surface area contributed by atoms with Gasteiger partial charge in [-0.2, -0.15) is 0 Å². The molecule has 0 atom stereocenters. The number of benzene rings is 5. The minimum Gasteiger partial charge on any atom is -0.475 e. The molecule has 1 aliphatic heterocycles. The number of ether oxygens (including phenoxy) is 1. The van der Waals surface area contributed by atoms with Crippen molar-refractivity contribution in [1.29, 1.82) is 0 Å². The van der Waals surface area contributed by atoms with Crippen molar-refractivity contribution < 1.29 is 4.74 Å². The first-order valence-corrected chi connectivity index (χ1v) is 13.3. The molecule has 0 bridgehead atoms. The summed E-state index contributed by atoms with van der Waals surface area (Å²) in [6.45, 7) is 4.84. The summed E-state index contributed by atoms with van der Waals surface area (Å²) in [6, 6.07) is 42.5. The van der Waals surface area contributed by atoms with Crippen LogP contribution in [0.1, 0.15) is 41.7 Å². The Kier molecular flexibility index (Phi) is 4.30. The molecule has 2 heteroatoms. The summed E-state index contributed by atoms with van der Waals surface area (Å²) in [6.07, 6.45) is 0. The second-order valence-corrected chi connectivity index (χ2v) is 11.2. The highest BCUT2D eigenvalue weighted by molar-refractivity contribution is 5.99. The van der Waals surface area contributed by atoms with Crippen LogP contribution in [-0.4, -0.2) is 18.0 Å². The van der Waals surface area contributed by atoms with Crippen LogP contribution in [0.5, 0.6) is 0 Å². The summed E-state index contributed by atoms with van der Waals surface area (Å²) in [7, 11) is 0. The zero-order chi connectivity index (χ0) is 25.5. The first-order chi connectivity index (χ1) is 18.6. The molecule has 38 heavy (non-hydrogen) atoms. The fraction of sp³-hybridized carbons (Fsp3) is 0.139. The third kappa shape index (κ3) is 2.75. The van der Waals surface area contributed by atoms with Crippen molar-refractivity contribution in [3.63, 3.8) is 0 Å². The lowest BCUT2D eigenvalue weighted by Crippen LogP contribution is -2.26. The molecule has 2 nitrogen and oxygen atoms in total. The van der Waals surface area contributed by atoms with Crippen LogP contribution in [0.25, 0.3) is 33.4 Å². The van der Waals surface area contributed by atoms with E-state index in [-0.39, 0.29) is 11.0 Å². The van der Waals surface area contributed by atoms with Crippen LogP contribution in [0.3, 0.4) is 0 Å². The van der Waals surface area contributed by atoms with Crippen LogP contribution in [0.15, 0.2) is 120 Å². The zero-order valence-electron chi connectivity index (χ0n) is 21.5. The highest BCUT2D eigenvalue weighted by atomic mass is 16.5. The Morgan fingerprint density at radius 2 is 1.00 bits per heavy atom. The Hall–Kier alpha value is -4.43. The summed E-state index contributed by atoms with van der Waals surface area (Å²) in [4.78, 5) is 4.78. The molecule has 0 amide bonds. The van der Waals surface area contributed by atoms with Crippen LogP contribution >= 0.6 is 0 Å². The summed E-state index contributed by atoms with van der Waals surface area (Å²) in [5.74, 6) is 0.738. The van der Waals surface area contributed by atoms with E-state index in [4.69, 9.17) is 9.73 Å². The van der Waals surface area contributed by atoms with Crippen molar-refractivity contribution in [2.45, 2.75) is 24.8 Å². The quantitative estimate of drug-likeness (QED) is 0.240. The van der Waals surface area contributed by atoms with E-state index >= 15 is 0 Å². The van der Waals surface area contributed by atoms with Crippen molar-refractivity contribution in [1.82, 2.24) is 0 Å². The Morgan fingerprint density at radius 3 is 1.55 bits per heavy atom. The van der Waals surface area contributed by atoms with Gasteiger partial charge in [-0.05, 0) is 81.6 Å². The van der Waals surface area contributed by atoms with Crippen molar-refractivity contribution in [3.8, 4) is 33.4 Å². The summed E-state index contributed by atoms with van der Waals surface area (Å²) in [5, 5.41) is 0. The number of hydrogen-bond acceptors (Lipinski definition) is 2. The van der Waals surface area contributed by atoms with Crippen LogP contribution in [0.4, 0.5) is 0 Å². The molecular formula is C36H27NO. The molecule has 0 saturated heterocycles. The van der Waals surface area contributed by atoms with Crippen molar-refractivity contribution in [2.75, 3.05) is 6.61 Å². The van der Waals surface area contributed by atoms with Gasteiger partial charge in [-0.1, -0.05) is 103 Å². The van der Waals surface area contributed by atoms with E-state index in [1.807, 2.05) is 0 Å². The van der Waals surface area contributed by atoms with Gasteiger partial charge in [-0.15, -0.1) is 0 Å². The highest BCUT2D eigenvalue weighted by Crippen LogP contribution is 2.64. The first kappa shape index (κ1) is 21.6. The molecule has 182 valence electrons. The van der Waals surface area contributed by atoms with Crippen molar-refractivity contribution in [2.24, 2.45) is 4.99 Å². The van der Waals surface area contributed by atoms with Gasteiger partial charge < -0.3 is 4.74 Å². The zero-order valence-corrected chi connectivity index (χ0v) is 21.5. The standard InChI is InChI=1S/C36H27NO/c1-35(2)22-38-34(37-35)24-20-18-23(19-21-24)25-13-9-14-29-28-12-5-8-17-32(28)36(33(25)29)30-15-6-3-10-26(30)27-11-4-7-16-31(27)36/h3-21H,22H2,1-2H3. The largest absolute Gasteiger partial charge is 0.475 e. The Morgan fingerprint density at radius 1 is 0.526 bits per heavy atom. The maximum absolute atomic E-state index is 5.92. The predicted molar refractivity (Wildman–Crippen MR) is 155 cm³/mol. The molecule has 0 saturated carbocycles. The van der Waals surface area contributed by atoms with Gasteiger partial charge in [-0.25, -0.2) is 4.99 Å². The van der Waals surface area contributed by atoms with Gasteiger partial charge in [0.25, 0.3) is 0 Å². The molecule has 0 fully saturated rings. The van der Waals surface area contributed by atoms with Crippen LogP contribution < -0.4 is 0 Å². The number of nitrogens with zero attached hydrogens (tertiary/aromatic N) is 1. The fourth-order valence-electron chi connectivity index (χ4n) is 6.92. The lowest BCUT2D eigenvalue weighted by Gasteiger charge is -2.32. The van der Waals surface area contributed by atoms with E-state index in [2.05, 4.69) is 129 Å². The van der Waals surface area contributed by atoms with E-state index in [1.165, 1.54) is 55.6 Å². The smallest absolute Gasteiger partial charge is 0.216 e. The van der Waals surface area contributed by atoms with Gasteiger partial charge in [0.1, 0.15) is 6.61 Å². The fourth-order valence-corrected chi connectivity index (χ4v) is 6.92. The Labute approximate surface area is 223 Å². The topological polar surface area (TPSA) is 21.6 Å². The van der Waals surface area contributed by atoms with E-state index in [9.17, 15) is 0 Å². The summed E-state index contributed by atoms with van der Waals surface area (Å²) >= 11 is 0. The summed E-state index contributed by atoms with van der Waals surface area (Å²) in [5.41, 5.74) is 13.8. The maximum atomic E-state index is 5.92. The minimum atomic E-state index is -0.350. The number of rotatable bonds is 2. The number of hydrogen-bond donors (Lipinski definition) is 0. The van der Waals surface area contributed by atoms with Gasteiger partial charge in [0, 0.05) is 5.56 Å². The minimum absolute atomic E-state index is 0.171.